The molecule has 16 heteroatoms. The number of fused-ring (bicyclic) bond motifs is 2. The number of nitrogens with one attached hydrogen (secondary N) is 3. The topological polar surface area (TPSA) is 179 Å². The van der Waals surface area contributed by atoms with Crippen LogP contribution in [0.25, 0.3) is 32.7 Å². The fraction of sp³-hybridized carbons (Fsp3) is 0.226. The van der Waals surface area contributed by atoms with E-state index in [1.807, 2.05) is 133 Å². The smallest absolute Gasteiger partial charge is 0.276 e. The Morgan fingerprint density at radius 2 is 1.19 bits per heavy atom. The maximum atomic E-state index is 14.0. The molecule has 3 N–H and O–H groups in total. The van der Waals surface area contributed by atoms with Gasteiger partial charge in [-0.25, -0.2) is 9.82 Å². The SMILES string of the molecule is CC1CCc2cc(F)cc3c(=O)c(C(=O)NCCc4ccncc4)cn1c23.CCn1cc(C(=O)N/N=C\c2ccccc2Cl)c(=O)c2cc(C)ccc21.CCn1cc(C(=O)NCCc2ccccc2)c(=O)c2cc(C)ccc21. The van der Waals surface area contributed by atoms with Gasteiger partial charge >= 0.3 is 0 Å². The zero-order valence-electron chi connectivity index (χ0n) is 44.1. The highest BCUT2D eigenvalue weighted by Gasteiger charge is 2.24. The molecule has 0 fully saturated rings. The van der Waals surface area contributed by atoms with Crippen LogP contribution < -0.4 is 32.3 Å². The Labute approximate surface area is 455 Å². The van der Waals surface area contributed by atoms with Gasteiger partial charge in [-0.1, -0.05) is 83.4 Å². The molecule has 0 spiro atoms. The zero-order chi connectivity index (χ0) is 55.5. The summed E-state index contributed by atoms with van der Waals surface area (Å²) in [5.74, 6) is -1.73. The predicted molar refractivity (Wildman–Crippen MR) is 308 cm³/mol. The van der Waals surface area contributed by atoms with E-state index in [-0.39, 0.29) is 44.9 Å². The highest BCUT2D eigenvalue weighted by molar-refractivity contribution is 6.33. The Morgan fingerprint density at radius 3 is 1.77 bits per heavy atom. The predicted octanol–water partition coefficient (Wildman–Crippen LogP) is 10.1. The molecule has 0 bridgehead atoms. The maximum Gasteiger partial charge on any atom is 0.276 e. The number of hydrazone groups is 1. The minimum absolute atomic E-state index is 0.0567. The van der Waals surface area contributed by atoms with Crippen LogP contribution in [0.4, 0.5) is 4.39 Å². The van der Waals surface area contributed by atoms with Crippen molar-refractivity contribution >= 4 is 68.2 Å². The first-order valence-corrected chi connectivity index (χ1v) is 26.3. The summed E-state index contributed by atoms with van der Waals surface area (Å²) in [4.78, 5) is 79.9. The van der Waals surface area contributed by atoms with Crippen molar-refractivity contribution in [2.45, 2.75) is 79.4 Å². The lowest BCUT2D eigenvalue weighted by atomic mass is 9.96. The number of carbonyl (C=O) groups is 3. The van der Waals surface area contributed by atoms with E-state index in [1.165, 1.54) is 18.3 Å². The van der Waals surface area contributed by atoms with E-state index in [0.717, 1.165) is 63.6 Å². The van der Waals surface area contributed by atoms with Crippen LogP contribution in [-0.2, 0) is 32.4 Å². The lowest BCUT2D eigenvalue weighted by molar-refractivity contribution is 0.0944. The Balaban J connectivity index is 0.000000155. The standard InChI is InChI=1S/C21H20FN3O2.C21H22N2O2.C20H18ClN3O2/c1-13-2-3-15-10-16(22)11-17-19(15)25(13)12-18(20(17)26)21(27)24-9-6-14-4-7-23-8-5-14;1-3-23-14-18(20(24)17-13-15(2)9-10-19(17)23)21(25)22-12-11-16-7-5-4-6-8-16;1-3-24-12-16(19(25)15-10-13(2)8-9-18(15)24)20(26)23-22-11-14-6-4-5-7-17(14)21/h4-5,7-8,10-13H,2-3,6,9H2,1H3,(H,24,27);4-10,13-14H,3,11-12H2,1-2H3,(H,22,25);4-12H,3H2,1-2H3,(H,23,26)/b;;22-11-. The van der Waals surface area contributed by atoms with Crippen molar-refractivity contribution in [3.63, 3.8) is 0 Å². The van der Waals surface area contributed by atoms with Crippen LogP contribution in [0.3, 0.4) is 0 Å². The van der Waals surface area contributed by atoms with E-state index < -0.39 is 23.1 Å². The fourth-order valence-electron chi connectivity index (χ4n) is 9.44. The number of aromatic nitrogens is 4. The van der Waals surface area contributed by atoms with Crippen LogP contribution in [0, 0.1) is 19.7 Å². The summed E-state index contributed by atoms with van der Waals surface area (Å²) in [5, 5.41) is 11.5. The molecule has 1 aliphatic rings. The average Bonchev–Trinajstić information content (AvgIpc) is 3.56. The Hall–Kier alpha value is -8.82. The molecule has 10 rings (SSSR count). The van der Waals surface area contributed by atoms with E-state index >= 15 is 0 Å². The number of amides is 3. The van der Waals surface area contributed by atoms with Gasteiger partial charge in [0.25, 0.3) is 17.7 Å². The third-order valence-corrected chi connectivity index (χ3v) is 14.0. The second-order valence-corrected chi connectivity index (χ2v) is 19.5. The molecule has 14 nitrogen and oxygen atoms in total. The van der Waals surface area contributed by atoms with Crippen molar-refractivity contribution in [2.75, 3.05) is 13.1 Å². The number of aryl methyl sites for hydroxylation is 5. The Bertz CT molecular complexity index is 3910. The number of carbonyl (C=O) groups excluding carboxylic acids is 3. The van der Waals surface area contributed by atoms with Gasteiger partial charge in [0.1, 0.15) is 22.5 Å². The van der Waals surface area contributed by atoms with Crippen molar-refractivity contribution < 1.29 is 18.8 Å². The molecule has 0 radical (unpaired) electrons. The van der Waals surface area contributed by atoms with Crippen LogP contribution in [0.5, 0.6) is 0 Å². The molecule has 1 atom stereocenters. The average molecular weight is 1070 g/mol. The first-order chi connectivity index (χ1) is 37.6. The van der Waals surface area contributed by atoms with E-state index in [1.54, 1.807) is 49.2 Å². The number of benzene rings is 5. The Kier molecular flexibility index (Phi) is 18.0. The molecule has 0 saturated carbocycles. The zero-order valence-corrected chi connectivity index (χ0v) is 44.9. The molecule has 3 amide bonds. The van der Waals surface area contributed by atoms with Crippen LogP contribution in [-0.4, -0.2) is 55.7 Å². The van der Waals surface area contributed by atoms with Crippen molar-refractivity contribution in [3.05, 3.63) is 238 Å². The number of rotatable bonds is 13. The Morgan fingerprint density at radius 1 is 0.667 bits per heavy atom. The van der Waals surface area contributed by atoms with Crippen molar-refractivity contribution in [1.29, 1.82) is 0 Å². The van der Waals surface area contributed by atoms with Crippen LogP contribution in [0.1, 0.15) is 97.7 Å². The summed E-state index contributed by atoms with van der Waals surface area (Å²) >= 11 is 6.04. The van der Waals surface area contributed by atoms with E-state index in [4.69, 9.17) is 11.6 Å². The summed E-state index contributed by atoms with van der Waals surface area (Å²) in [6.45, 7) is 12.1. The van der Waals surface area contributed by atoms with Gasteiger partial charge in [0.05, 0.1) is 22.8 Å². The molecule has 0 aliphatic carbocycles. The fourth-order valence-corrected chi connectivity index (χ4v) is 9.62. The molecule has 4 aromatic heterocycles. The number of hydrogen-bond acceptors (Lipinski definition) is 8. The lowest BCUT2D eigenvalue weighted by Gasteiger charge is -2.26. The van der Waals surface area contributed by atoms with Gasteiger partial charge in [0.15, 0.2) is 0 Å². The molecule has 9 aromatic rings. The summed E-state index contributed by atoms with van der Waals surface area (Å²) in [6.07, 6.45) is 12.7. The highest BCUT2D eigenvalue weighted by atomic mass is 35.5. The van der Waals surface area contributed by atoms with Crippen LogP contribution >= 0.6 is 11.6 Å². The first kappa shape index (κ1) is 55.4. The monoisotopic (exact) mass is 1070 g/mol. The normalized spacial score (nSPS) is 12.6. The number of nitrogens with zero attached hydrogens (tertiary/aromatic N) is 5. The lowest BCUT2D eigenvalue weighted by Crippen LogP contribution is -2.32. The summed E-state index contributed by atoms with van der Waals surface area (Å²) in [5.41, 5.74) is 9.88. The third-order valence-electron chi connectivity index (χ3n) is 13.6. The van der Waals surface area contributed by atoms with E-state index in [2.05, 4.69) is 26.1 Å². The van der Waals surface area contributed by atoms with Gasteiger partial charge in [-0.05, 0) is 132 Å². The molecular formula is C62H60ClFN8O6. The van der Waals surface area contributed by atoms with Crippen LogP contribution in [0.15, 0.2) is 166 Å². The number of halogens is 2. The maximum absolute atomic E-state index is 14.0. The minimum atomic E-state index is -0.552. The summed E-state index contributed by atoms with van der Waals surface area (Å²) in [7, 11) is 0. The molecule has 0 saturated heterocycles. The van der Waals surface area contributed by atoms with Crippen LogP contribution in [0.2, 0.25) is 5.02 Å². The molecule has 1 unspecified atom stereocenters. The summed E-state index contributed by atoms with van der Waals surface area (Å²) < 4.78 is 19.7. The second-order valence-electron chi connectivity index (χ2n) is 19.1. The molecule has 78 heavy (non-hydrogen) atoms. The number of hydrogen-bond donors (Lipinski definition) is 3. The van der Waals surface area contributed by atoms with E-state index in [9.17, 15) is 33.2 Å². The van der Waals surface area contributed by atoms with Gasteiger partial charge in [0, 0.05) is 89.9 Å². The van der Waals surface area contributed by atoms with E-state index in [0.29, 0.717) is 54.0 Å². The molecule has 5 aromatic carbocycles. The summed E-state index contributed by atoms with van der Waals surface area (Å²) in [6, 6.07) is 35.1. The van der Waals surface area contributed by atoms with Gasteiger partial charge in [-0.15, -0.1) is 0 Å². The van der Waals surface area contributed by atoms with Gasteiger partial charge < -0.3 is 24.3 Å². The molecule has 398 valence electrons. The minimum Gasteiger partial charge on any atom is -0.352 e. The van der Waals surface area contributed by atoms with Crippen molar-refractivity contribution in [3.8, 4) is 0 Å². The van der Waals surface area contributed by atoms with Gasteiger partial charge in [0.2, 0.25) is 16.3 Å². The first-order valence-electron chi connectivity index (χ1n) is 25.9. The molecule has 5 heterocycles. The molecular weight excluding hydrogens is 1010 g/mol. The van der Waals surface area contributed by atoms with Crippen molar-refractivity contribution in [1.82, 2.24) is 34.7 Å². The van der Waals surface area contributed by atoms with Crippen molar-refractivity contribution in [2.24, 2.45) is 5.10 Å². The largest absolute Gasteiger partial charge is 0.352 e. The quantitative estimate of drug-likeness (QED) is 0.0760. The third kappa shape index (κ3) is 12.9. The number of pyridine rings is 4. The second kappa shape index (κ2) is 25.3. The van der Waals surface area contributed by atoms with Gasteiger partial charge in [-0.3, -0.25) is 33.8 Å². The molecule has 1 aliphatic heterocycles. The highest BCUT2D eigenvalue weighted by Crippen LogP contribution is 2.31. The van der Waals surface area contributed by atoms with Gasteiger partial charge in [-0.2, -0.15) is 5.10 Å².